The van der Waals surface area contributed by atoms with Gasteiger partial charge in [0.2, 0.25) is 0 Å². The molecule has 258 valence electrons. The Morgan fingerprint density at radius 3 is 1.64 bits per heavy atom. The maximum Gasteiger partial charge on any atom is 0.346 e. The molecular formula is C42H44N2O6. The largest absolute Gasteiger partial charge is 0.494 e. The number of unbranched alkanes of at least 4 members (excludes halogenated alkanes) is 6. The van der Waals surface area contributed by atoms with Crippen molar-refractivity contribution in [1.29, 1.82) is 5.26 Å². The molecule has 2 heterocycles. The maximum absolute atomic E-state index is 11.2. The Morgan fingerprint density at radius 2 is 1.14 bits per heavy atom. The Bertz CT molecular complexity index is 1800. The highest BCUT2D eigenvalue weighted by Gasteiger charge is 2.16. The molecule has 0 radical (unpaired) electrons. The molecule has 0 aliphatic heterocycles. The molecule has 0 spiro atoms. The van der Waals surface area contributed by atoms with Crippen LogP contribution in [0.15, 0.2) is 111 Å². The number of carboxylic acids is 1. The van der Waals surface area contributed by atoms with Crippen molar-refractivity contribution in [2.24, 2.45) is 0 Å². The normalized spacial score (nSPS) is 11.3. The number of hydrogen-bond acceptors (Lipinski definition) is 7. The fourth-order valence-electron chi connectivity index (χ4n) is 5.51. The Hall–Kier alpha value is -5.68. The van der Waals surface area contributed by atoms with Gasteiger partial charge in [-0.1, -0.05) is 52.4 Å². The number of aliphatic carboxylic acids is 1. The van der Waals surface area contributed by atoms with E-state index in [4.69, 9.17) is 28.7 Å². The smallest absolute Gasteiger partial charge is 0.346 e. The molecule has 5 rings (SSSR count). The summed E-state index contributed by atoms with van der Waals surface area (Å²) in [7, 11) is 0. The molecule has 0 saturated heterocycles. The van der Waals surface area contributed by atoms with Gasteiger partial charge in [-0.25, -0.2) is 4.79 Å². The zero-order valence-corrected chi connectivity index (χ0v) is 28.8. The van der Waals surface area contributed by atoms with Crippen LogP contribution in [0.3, 0.4) is 0 Å². The lowest BCUT2D eigenvalue weighted by molar-refractivity contribution is -0.132. The van der Waals surface area contributed by atoms with Gasteiger partial charge in [-0.05, 0) is 110 Å². The van der Waals surface area contributed by atoms with Crippen LogP contribution in [-0.4, -0.2) is 24.3 Å². The van der Waals surface area contributed by atoms with E-state index in [1.165, 1.54) is 44.6 Å². The lowest BCUT2D eigenvalue weighted by Crippen LogP contribution is -2.10. The van der Waals surface area contributed by atoms with E-state index in [-0.39, 0.29) is 5.76 Å². The highest BCUT2D eigenvalue weighted by molar-refractivity contribution is 5.96. The van der Waals surface area contributed by atoms with Gasteiger partial charge in [0.25, 0.3) is 0 Å². The molecule has 0 aliphatic carbocycles. The molecule has 0 aliphatic rings. The van der Waals surface area contributed by atoms with Crippen LogP contribution in [-0.2, 0) is 4.79 Å². The van der Waals surface area contributed by atoms with Crippen LogP contribution in [0.25, 0.3) is 28.9 Å². The second-order valence-electron chi connectivity index (χ2n) is 12.0. The monoisotopic (exact) mass is 672 g/mol. The van der Waals surface area contributed by atoms with Gasteiger partial charge in [0.15, 0.2) is 11.5 Å². The van der Waals surface area contributed by atoms with Crippen LogP contribution in [0.1, 0.15) is 71.0 Å². The molecule has 0 saturated carbocycles. The zero-order chi connectivity index (χ0) is 35.1. The van der Waals surface area contributed by atoms with Crippen molar-refractivity contribution in [2.75, 3.05) is 18.1 Å². The van der Waals surface area contributed by atoms with Gasteiger partial charge in [0.05, 0.1) is 13.2 Å². The molecule has 8 nitrogen and oxygen atoms in total. The molecule has 8 heteroatoms. The van der Waals surface area contributed by atoms with Gasteiger partial charge in [0, 0.05) is 28.7 Å². The number of hydrogen-bond donors (Lipinski definition) is 1. The van der Waals surface area contributed by atoms with Crippen molar-refractivity contribution in [3.05, 3.63) is 108 Å². The maximum atomic E-state index is 11.2. The molecule has 0 bridgehead atoms. The molecule has 0 fully saturated rings. The number of anilines is 3. The van der Waals surface area contributed by atoms with Crippen molar-refractivity contribution in [1.82, 2.24) is 0 Å². The standard InChI is InChI=1S/C42H44N2O6/c1-3-5-7-9-27-47-36-19-15-34(16-20-36)44(35-17-21-37(22-18-35)48-28-10-8-6-4-2)33-13-11-31(12-14-33)39-25-26-41(50-39)40-24-23-38(49-40)29-32(30-43)42(45)46/h11-26,29H,3-10,27-28H2,1-2H3,(H,45,46)/b32-29-. The predicted octanol–water partition coefficient (Wildman–Crippen LogP) is 11.6. The van der Waals surface area contributed by atoms with E-state index in [1.54, 1.807) is 24.3 Å². The van der Waals surface area contributed by atoms with Crippen LogP contribution in [0, 0.1) is 11.3 Å². The Labute approximate surface area is 294 Å². The SMILES string of the molecule is CCCCCCOc1ccc(N(c2ccc(OCCCCCC)cc2)c2ccc(-c3ccc(-c4ccc(/C=C(/C#N)C(=O)O)o4)o3)cc2)cc1. The van der Waals surface area contributed by atoms with Gasteiger partial charge in [-0.3, -0.25) is 0 Å². The van der Waals surface area contributed by atoms with E-state index >= 15 is 0 Å². The molecule has 0 atom stereocenters. The predicted molar refractivity (Wildman–Crippen MR) is 197 cm³/mol. The van der Waals surface area contributed by atoms with Crippen LogP contribution in [0.2, 0.25) is 0 Å². The number of carbonyl (C=O) groups is 1. The molecular weight excluding hydrogens is 628 g/mol. The lowest BCUT2D eigenvalue weighted by Gasteiger charge is -2.26. The summed E-state index contributed by atoms with van der Waals surface area (Å²) in [6.45, 7) is 5.84. The van der Waals surface area contributed by atoms with E-state index in [9.17, 15) is 4.79 Å². The molecule has 50 heavy (non-hydrogen) atoms. The number of ether oxygens (including phenoxy) is 2. The van der Waals surface area contributed by atoms with Crippen molar-refractivity contribution in [2.45, 2.75) is 65.2 Å². The highest BCUT2D eigenvalue weighted by Crippen LogP contribution is 2.38. The fraction of sp³-hybridized carbons (Fsp3) is 0.286. The van der Waals surface area contributed by atoms with E-state index in [2.05, 4.69) is 55.1 Å². The zero-order valence-electron chi connectivity index (χ0n) is 28.8. The Balaban J connectivity index is 1.35. The van der Waals surface area contributed by atoms with Gasteiger partial charge < -0.3 is 28.3 Å². The Kier molecular flexibility index (Phi) is 13.0. The van der Waals surface area contributed by atoms with Crippen molar-refractivity contribution >= 4 is 29.1 Å². The van der Waals surface area contributed by atoms with E-state index in [1.807, 2.05) is 42.5 Å². The molecule has 1 N–H and O–H groups in total. The van der Waals surface area contributed by atoms with Gasteiger partial charge >= 0.3 is 5.97 Å². The average molecular weight is 673 g/mol. The van der Waals surface area contributed by atoms with Gasteiger partial charge in [0.1, 0.15) is 34.7 Å². The van der Waals surface area contributed by atoms with E-state index < -0.39 is 11.5 Å². The van der Waals surface area contributed by atoms with E-state index in [0.717, 1.165) is 47.0 Å². The van der Waals surface area contributed by atoms with Crippen molar-refractivity contribution in [3.8, 4) is 40.4 Å². The first kappa shape index (κ1) is 35.6. The summed E-state index contributed by atoms with van der Waals surface area (Å²) in [6.07, 6.45) is 10.5. The fourth-order valence-corrected chi connectivity index (χ4v) is 5.51. The lowest BCUT2D eigenvalue weighted by atomic mass is 10.1. The summed E-state index contributed by atoms with van der Waals surface area (Å²) in [6, 6.07) is 33.1. The van der Waals surface area contributed by atoms with Crippen LogP contribution in [0.5, 0.6) is 11.5 Å². The third kappa shape index (κ3) is 9.70. The second-order valence-corrected chi connectivity index (χ2v) is 12.0. The summed E-state index contributed by atoms with van der Waals surface area (Å²) in [5, 5.41) is 18.2. The summed E-state index contributed by atoms with van der Waals surface area (Å²) in [4.78, 5) is 13.4. The topological polar surface area (TPSA) is 109 Å². The third-order valence-electron chi connectivity index (χ3n) is 8.25. The summed E-state index contributed by atoms with van der Waals surface area (Å²) < 4.78 is 23.9. The highest BCUT2D eigenvalue weighted by atomic mass is 16.5. The Morgan fingerprint density at radius 1 is 0.660 bits per heavy atom. The first-order chi connectivity index (χ1) is 24.5. The quantitative estimate of drug-likeness (QED) is 0.0524. The summed E-state index contributed by atoms with van der Waals surface area (Å²) in [5.74, 6) is 2.21. The van der Waals surface area contributed by atoms with Gasteiger partial charge in [-0.15, -0.1) is 0 Å². The number of nitriles is 1. The number of rotatable bonds is 19. The van der Waals surface area contributed by atoms with Crippen LogP contribution >= 0.6 is 0 Å². The molecule has 2 aromatic heterocycles. The molecule has 0 amide bonds. The summed E-state index contributed by atoms with van der Waals surface area (Å²) >= 11 is 0. The van der Waals surface area contributed by atoms with Crippen molar-refractivity contribution < 1.29 is 28.2 Å². The average Bonchev–Trinajstić information content (AvgIpc) is 3.82. The minimum atomic E-state index is -1.31. The van der Waals surface area contributed by atoms with Crippen molar-refractivity contribution in [3.63, 3.8) is 0 Å². The molecule has 0 unspecified atom stereocenters. The third-order valence-corrected chi connectivity index (χ3v) is 8.25. The van der Waals surface area contributed by atoms with E-state index in [0.29, 0.717) is 30.5 Å². The van der Waals surface area contributed by atoms with Gasteiger partial charge in [-0.2, -0.15) is 5.26 Å². The minimum Gasteiger partial charge on any atom is -0.494 e. The number of carboxylic acid groups (broad SMARTS) is 1. The molecule has 3 aromatic carbocycles. The van der Waals surface area contributed by atoms with Crippen LogP contribution in [0.4, 0.5) is 17.1 Å². The van der Waals surface area contributed by atoms with Crippen LogP contribution < -0.4 is 14.4 Å². The number of furan rings is 2. The first-order valence-corrected chi connectivity index (χ1v) is 17.4. The molecule has 5 aromatic rings. The number of benzene rings is 3. The minimum absolute atomic E-state index is 0.250. The summed E-state index contributed by atoms with van der Waals surface area (Å²) in [5.41, 5.74) is 3.42. The second kappa shape index (κ2) is 18.2. The number of nitrogens with zero attached hydrogens (tertiary/aromatic N) is 2. The first-order valence-electron chi connectivity index (χ1n) is 17.4.